The molecule has 0 N–H and O–H groups in total. The molecule has 0 spiro atoms. The molecule has 0 aliphatic heterocycles. The first-order chi connectivity index (χ1) is 4.50. The van der Waals surface area contributed by atoms with Crippen molar-refractivity contribution in [3.8, 4) is 0 Å². The molecule has 0 amide bonds. The van der Waals surface area contributed by atoms with Gasteiger partial charge in [0.1, 0.15) is 7.60 Å². The van der Waals surface area contributed by atoms with Crippen LogP contribution in [0.1, 0.15) is 27.2 Å². The van der Waals surface area contributed by atoms with Crippen molar-refractivity contribution in [3.05, 3.63) is 0 Å². The minimum atomic E-state index is -3.53. The van der Waals surface area contributed by atoms with Gasteiger partial charge >= 0.3 is 0 Å². The zero-order valence-corrected chi connectivity index (χ0v) is 7.56. The standard InChI is InChI=1S/C6H15O3P/c1-4-5-9-10(7,8)6(2)3/h6H,4-5H2,1-3H3,(H,7,8)/p-1. The van der Waals surface area contributed by atoms with Gasteiger partial charge in [-0.05, 0) is 6.42 Å². The smallest absolute Gasteiger partial charge is 0.137 e. The average molecular weight is 165 g/mol. The zero-order chi connectivity index (χ0) is 8.20. The normalized spacial score (nSPS) is 17.3. The Morgan fingerprint density at radius 2 is 2.10 bits per heavy atom. The van der Waals surface area contributed by atoms with E-state index in [1.165, 1.54) is 0 Å². The van der Waals surface area contributed by atoms with E-state index in [2.05, 4.69) is 4.52 Å². The highest BCUT2D eigenvalue weighted by Crippen LogP contribution is 2.42. The van der Waals surface area contributed by atoms with Gasteiger partial charge in [0.15, 0.2) is 0 Å². The van der Waals surface area contributed by atoms with Crippen molar-refractivity contribution in [2.45, 2.75) is 32.9 Å². The maximum Gasteiger partial charge on any atom is 0.137 e. The molecule has 0 rings (SSSR count). The lowest BCUT2D eigenvalue weighted by atomic mass is 10.5. The molecular weight excluding hydrogens is 151 g/mol. The Hall–Kier alpha value is 0.150. The average Bonchev–Trinajstić information content (AvgIpc) is 1.84. The summed E-state index contributed by atoms with van der Waals surface area (Å²) in [6, 6.07) is 0. The third-order valence-electron chi connectivity index (χ3n) is 1.11. The fourth-order valence-corrected chi connectivity index (χ4v) is 1.10. The van der Waals surface area contributed by atoms with Crippen molar-refractivity contribution in [1.29, 1.82) is 0 Å². The van der Waals surface area contributed by atoms with E-state index in [1.54, 1.807) is 13.8 Å². The summed E-state index contributed by atoms with van der Waals surface area (Å²) in [5.41, 5.74) is -0.404. The largest absolute Gasteiger partial charge is 0.778 e. The van der Waals surface area contributed by atoms with Gasteiger partial charge in [0.2, 0.25) is 0 Å². The molecular formula is C6H14O3P-. The van der Waals surface area contributed by atoms with Crippen molar-refractivity contribution < 1.29 is 14.0 Å². The van der Waals surface area contributed by atoms with E-state index in [0.29, 0.717) is 6.61 Å². The molecule has 1 unspecified atom stereocenters. The lowest BCUT2D eigenvalue weighted by Crippen LogP contribution is -2.13. The summed E-state index contributed by atoms with van der Waals surface area (Å²) >= 11 is 0. The van der Waals surface area contributed by atoms with Crippen LogP contribution in [0, 0.1) is 0 Å². The van der Waals surface area contributed by atoms with E-state index in [9.17, 15) is 9.46 Å². The van der Waals surface area contributed by atoms with Gasteiger partial charge in [-0.2, -0.15) is 0 Å². The topological polar surface area (TPSA) is 49.4 Å². The monoisotopic (exact) mass is 165 g/mol. The highest BCUT2D eigenvalue weighted by molar-refractivity contribution is 7.52. The van der Waals surface area contributed by atoms with Gasteiger partial charge in [-0.15, -0.1) is 0 Å². The molecule has 3 nitrogen and oxygen atoms in total. The Morgan fingerprint density at radius 3 is 2.40 bits per heavy atom. The Kier molecular flexibility index (Phi) is 4.18. The Bertz CT molecular complexity index is 133. The molecule has 1 atom stereocenters. The van der Waals surface area contributed by atoms with Crippen molar-refractivity contribution in [2.24, 2.45) is 0 Å². The Balaban J connectivity index is 3.76. The van der Waals surface area contributed by atoms with Gasteiger partial charge in [-0.25, -0.2) is 0 Å². The van der Waals surface area contributed by atoms with Crippen LogP contribution >= 0.6 is 7.60 Å². The van der Waals surface area contributed by atoms with Crippen molar-refractivity contribution >= 4 is 7.60 Å². The molecule has 0 aromatic rings. The molecule has 10 heavy (non-hydrogen) atoms. The molecule has 0 aromatic heterocycles. The van der Waals surface area contributed by atoms with Crippen LogP contribution in [0.5, 0.6) is 0 Å². The van der Waals surface area contributed by atoms with Crippen molar-refractivity contribution in [1.82, 2.24) is 0 Å². The fraction of sp³-hybridized carbons (Fsp3) is 1.00. The lowest BCUT2D eigenvalue weighted by Gasteiger charge is -2.26. The van der Waals surface area contributed by atoms with E-state index in [4.69, 9.17) is 0 Å². The summed E-state index contributed by atoms with van der Waals surface area (Å²) in [7, 11) is -3.53. The molecule has 0 saturated carbocycles. The molecule has 0 saturated heterocycles. The fourth-order valence-electron chi connectivity index (χ4n) is 0.368. The number of hydrogen-bond donors (Lipinski definition) is 0. The van der Waals surface area contributed by atoms with Gasteiger partial charge in [-0.3, -0.25) is 0 Å². The van der Waals surface area contributed by atoms with E-state index < -0.39 is 13.3 Å². The summed E-state index contributed by atoms with van der Waals surface area (Å²) in [6.45, 7) is 5.41. The van der Waals surface area contributed by atoms with Crippen molar-refractivity contribution in [2.75, 3.05) is 6.61 Å². The maximum absolute atomic E-state index is 10.9. The number of hydrogen-bond acceptors (Lipinski definition) is 3. The van der Waals surface area contributed by atoms with Gasteiger partial charge in [-0.1, -0.05) is 20.8 Å². The third kappa shape index (κ3) is 3.35. The van der Waals surface area contributed by atoms with Gasteiger partial charge in [0.05, 0.1) is 6.61 Å². The molecule has 62 valence electrons. The minimum absolute atomic E-state index is 0.305. The summed E-state index contributed by atoms with van der Waals surface area (Å²) in [6.07, 6.45) is 0.735. The molecule has 0 aromatic carbocycles. The number of rotatable bonds is 4. The second-order valence-corrected chi connectivity index (χ2v) is 4.84. The predicted octanol–water partition coefficient (Wildman–Crippen LogP) is 1.37. The summed E-state index contributed by atoms with van der Waals surface area (Å²) in [5, 5.41) is 0. The lowest BCUT2D eigenvalue weighted by molar-refractivity contribution is -0.200. The predicted molar refractivity (Wildman–Crippen MR) is 39.0 cm³/mol. The van der Waals surface area contributed by atoms with Crippen LogP contribution in [0.3, 0.4) is 0 Å². The van der Waals surface area contributed by atoms with Gasteiger partial charge < -0.3 is 14.0 Å². The molecule has 0 heterocycles. The SMILES string of the molecule is CCCOP(=O)([O-])C(C)C. The zero-order valence-electron chi connectivity index (χ0n) is 6.66. The van der Waals surface area contributed by atoms with Crippen LogP contribution in [-0.2, 0) is 9.09 Å². The first-order valence-electron chi connectivity index (χ1n) is 3.46. The highest BCUT2D eigenvalue weighted by atomic mass is 31.2. The van der Waals surface area contributed by atoms with E-state index in [0.717, 1.165) is 6.42 Å². The Labute approximate surface area is 61.9 Å². The summed E-state index contributed by atoms with van der Waals surface area (Å²) in [5.74, 6) is 0. The van der Waals surface area contributed by atoms with E-state index in [1.807, 2.05) is 6.92 Å². The maximum atomic E-state index is 10.9. The van der Waals surface area contributed by atoms with E-state index >= 15 is 0 Å². The second-order valence-electron chi connectivity index (χ2n) is 2.47. The second kappa shape index (κ2) is 4.12. The molecule has 0 radical (unpaired) electrons. The molecule has 0 aliphatic carbocycles. The quantitative estimate of drug-likeness (QED) is 0.591. The first-order valence-corrected chi connectivity index (χ1v) is 5.07. The van der Waals surface area contributed by atoms with Crippen LogP contribution in [-0.4, -0.2) is 12.3 Å². The van der Waals surface area contributed by atoms with Crippen LogP contribution in [0.25, 0.3) is 0 Å². The van der Waals surface area contributed by atoms with Crippen LogP contribution in [0.2, 0.25) is 0 Å². The third-order valence-corrected chi connectivity index (χ3v) is 2.92. The minimum Gasteiger partial charge on any atom is -0.778 e. The van der Waals surface area contributed by atoms with Crippen molar-refractivity contribution in [3.63, 3.8) is 0 Å². The molecule has 0 fully saturated rings. The van der Waals surface area contributed by atoms with Crippen LogP contribution in [0.15, 0.2) is 0 Å². The van der Waals surface area contributed by atoms with Crippen LogP contribution < -0.4 is 4.89 Å². The molecule has 0 aliphatic rings. The molecule has 4 heteroatoms. The van der Waals surface area contributed by atoms with E-state index in [-0.39, 0.29) is 0 Å². The van der Waals surface area contributed by atoms with Gasteiger partial charge in [0.25, 0.3) is 0 Å². The first kappa shape index (κ1) is 10.2. The molecule has 0 bridgehead atoms. The summed E-state index contributed by atoms with van der Waals surface area (Å²) < 4.78 is 15.5. The highest BCUT2D eigenvalue weighted by Gasteiger charge is 2.12. The summed E-state index contributed by atoms with van der Waals surface area (Å²) in [4.78, 5) is 10.9. The van der Waals surface area contributed by atoms with Crippen LogP contribution in [0.4, 0.5) is 0 Å². The van der Waals surface area contributed by atoms with Gasteiger partial charge in [0, 0.05) is 5.66 Å². The Morgan fingerprint density at radius 1 is 1.60 bits per heavy atom.